The van der Waals surface area contributed by atoms with Crippen LogP contribution in [0.15, 0.2) is 111 Å². The van der Waals surface area contributed by atoms with E-state index in [1.54, 1.807) is 70.6 Å². The lowest BCUT2D eigenvalue weighted by Crippen LogP contribution is -1.93. The third-order valence-electron chi connectivity index (χ3n) is 4.18. The van der Waals surface area contributed by atoms with Crippen LogP contribution in [0.5, 0.6) is 0 Å². The van der Waals surface area contributed by atoms with Gasteiger partial charge in [-0.2, -0.15) is 0 Å². The highest BCUT2D eigenvalue weighted by Crippen LogP contribution is 2.39. The van der Waals surface area contributed by atoms with E-state index < -0.39 is 0 Å². The average Bonchev–Trinajstić information content (AvgIpc) is 2.78. The second-order valence-corrected chi connectivity index (χ2v) is 12.3. The number of rotatable bonds is 2. The minimum absolute atomic E-state index is 0.780. The maximum absolute atomic E-state index is 4.72. The van der Waals surface area contributed by atoms with E-state index in [2.05, 4.69) is 60.7 Å². The monoisotopic (exact) mass is 528 g/mol. The molecular weight excluding hydrogens is 513 g/mol. The van der Waals surface area contributed by atoms with Crippen molar-refractivity contribution in [2.45, 2.75) is 50.0 Å². The van der Waals surface area contributed by atoms with Crippen molar-refractivity contribution in [3.63, 3.8) is 0 Å². The van der Waals surface area contributed by atoms with E-state index in [9.17, 15) is 0 Å². The van der Waals surface area contributed by atoms with Gasteiger partial charge in [0.25, 0.3) is 0 Å². The van der Waals surface area contributed by atoms with Crippen molar-refractivity contribution in [1.29, 1.82) is 0 Å². The molecule has 0 amide bonds. The van der Waals surface area contributed by atoms with Gasteiger partial charge >= 0.3 is 0 Å². The van der Waals surface area contributed by atoms with Crippen molar-refractivity contribution in [3.8, 4) is 0 Å². The van der Waals surface area contributed by atoms with Gasteiger partial charge in [0.1, 0.15) is 20.1 Å². The van der Waals surface area contributed by atoms with Gasteiger partial charge in [-0.05, 0) is 48.9 Å². The van der Waals surface area contributed by atoms with Crippen LogP contribution in [0.25, 0.3) is 0 Å². The molecule has 4 nitrogen and oxygen atoms in total. The molecule has 0 spiro atoms. The Labute approximate surface area is 212 Å². The molecule has 0 fully saturated rings. The van der Waals surface area contributed by atoms with Crippen LogP contribution < -0.4 is 0 Å². The van der Waals surface area contributed by atoms with Gasteiger partial charge in [0.05, 0.1) is 0 Å². The van der Waals surface area contributed by atoms with E-state index in [1.165, 1.54) is 0 Å². The summed E-state index contributed by atoms with van der Waals surface area (Å²) < 4.78 is 0. The summed E-state index contributed by atoms with van der Waals surface area (Å²) in [5.74, 6) is 0. The van der Waals surface area contributed by atoms with Crippen LogP contribution in [-0.2, 0) is 0 Å². The molecule has 5 rings (SSSR count). The second kappa shape index (κ2) is 10.3. The van der Waals surface area contributed by atoms with Crippen LogP contribution in [0.3, 0.4) is 0 Å². The lowest BCUT2D eigenvalue weighted by Gasteiger charge is -2.10. The van der Waals surface area contributed by atoms with E-state index in [-0.39, 0.29) is 0 Å². The van der Waals surface area contributed by atoms with Crippen molar-refractivity contribution in [3.05, 3.63) is 60.7 Å². The summed E-state index contributed by atoms with van der Waals surface area (Å²) in [5.41, 5.74) is 0. The van der Waals surface area contributed by atoms with Crippen LogP contribution in [-0.4, -0.2) is 32.4 Å². The smallest absolute Gasteiger partial charge is 0.189 e. The molecule has 2 aromatic carbocycles. The van der Waals surface area contributed by atoms with Crippen molar-refractivity contribution < 1.29 is 0 Å². The summed E-state index contributed by atoms with van der Waals surface area (Å²) in [7, 11) is 0. The van der Waals surface area contributed by atoms with E-state index in [0.29, 0.717) is 0 Å². The Kier molecular flexibility index (Phi) is 7.25. The predicted octanol–water partition coefficient (Wildman–Crippen LogP) is 7.63. The van der Waals surface area contributed by atoms with Crippen molar-refractivity contribution >= 4 is 70.6 Å². The largest absolute Gasteiger partial charge is 0.216 e. The fraction of sp³-hybridized carbons (Fsp3) is 0.0909. The van der Waals surface area contributed by atoms with Gasteiger partial charge in [-0.1, -0.05) is 82.7 Å². The number of fused-ring (bicyclic) bond motifs is 8. The van der Waals surface area contributed by atoms with E-state index in [4.69, 9.17) is 19.9 Å². The van der Waals surface area contributed by atoms with E-state index in [1.807, 2.05) is 12.5 Å². The summed E-state index contributed by atoms with van der Waals surface area (Å²) in [4.78, 5) is 23.4. The summed E-state index contributed by atoms with van der Waals surface area (Å²) in [6.45, 7) is 0. The number of hydrogen-bond donors (Lipinski definition) is 0. The van der Waals surface area contributed by atoms with Gasteiger partial charge in [-0.3, -0.25) is 0 Å². The standard InChI is InChI=1S/C22H16N4S6/c1-27-21-23-17-11-18(24-21)30-14-6-4-8-16(10-14)32-20-12-19(25-22(26-20)28-2)31-15-7-3-5-13(9-15)29-17/h3-12H,1-2H3. The molecular formula is C22H16N4S6. The quantitative estimate of drug-likeness (QED) is 0.130. The molecule has 0 atom stereocenters. The van der Waals surface area contributed by atoms with Crippen LogP contribution in [0.2, 0.25) is 0 Å². The first-order valence-corrected chi connectivity index (χ1v) is 15.2. The van der Waals surface area contributed by atoms with Crippen LogP contribution >= 0.6 is 70.6 Å². The van der Waals surface area contributed by atoms with Gasteiger partial charge in [-0.15, -0.1) is 0 Å². The topological polar surface area (TPSA) is 51.6 Å². The molecule has 0 unspecified atom stereocenters. The van der Waals surface area contributed by atoms with Gasteiger partial charge < -0.3 is 0 Å². The molecule has 10 heteroatoms. The fourth-order valence-corrected chi connectivity index (χ4v) is 7.64. The maximum atomic E-state index is 4.72. The minimum Gasteiger partial charge on any atom is -0.216 e. The Balaban J connectivity index is 1.63. The first-order valence-electron chi connectivity index (χ1n) is 9.44. The van der Waals surface area contributed by atoms with Crippen molar-refractivity contribution in [2.24, 2.45) is 0 Å². The summed E-state index contributed by atoms with van der Waals surface area (Å²) >= 11 is 9.75. The molecule has 0 aliphatic carbocycles. The molecule has 8 bridgehead atoms. The molecule has 2 aromatic heterocycles. The number of hydrogen-bond acceptors (Lipinski definition) is 10. The lowest BCUT2D eigenvalue weighted by molar-refractivity contribution is 0.829. The third kappa shape index (κ3) is 5.60. The van der Waals surface area contributed by atoms with Gasteiger partial charge in [0, 0.05) is 31.7 Å². The molecule has 3 heterocycles. The second-order valence-electron chi connectivity index (χ2n) is 6.42. The molecule has 160 valence electrons. The Morgan fingerprint density at radius 3 is 1.09 bits per heavy atom. The Morgan fingerprint density at radius 2 is 0.812 bits per heavy atom. The highest BCUT2D eigenvalue weighted by Gasteiger charge is 2.12. The predicted molar refractivity (Wildman–Crippen MR) is 137 cm³/mol. The van der Waals surface area contributed by atoms with E-state index >= 15 is 0 Å². The Bertz CT molecular complexity index is 1110. The highest BCUT2D eigenvalue weighted by atomic mass is 32.2. The zero-order chi connectivity index (χ0) is 21.9. The van der Waals surface area contributed by atoms with Gasteiger partial charge in [-0.25, -0.2) is 19.9 Å². The molecule has 1 aliphatic heterocycles. The summed E-state index contributed by atoms with van der Waals surface area (Å²) in [5, 5.41) is 5.34. The van der Waals surface area contributed by atoms with Crippen LogP contribution in [0.4, 0.5) is 0 Å². The molecule has 0 saturated carbocycles. The molecule has 0 saturated heterocycles. The van der Waals surface area contributed by atoms with E-state index in [0.717, 1.165) is 50.0 Å². The van der Waals surface area contributed by atoms with Gasteiger partial charge in [0.15, 0.2) is 10.3 Å². The first-order chi connectivity index (χ1) is 15.7. The first kappa shape index (κ1) is 22.5. The Hall–Kier alpha value is -1.30. The molecule has 1 aliphatic rings. The average molecular weight is 529 g/mol. The number of aromatic nitrogens is 4. The number of thioether (sulfide) groups is 2. The molecule has 4 aromatic rings. The third-order valence-corrected chi connectivity index (χ3v) is 8.91. The van der Waals surface area contributed by atoms with Crippen molar-refractivity contribution in [2.75, 3.05) is 12.5 Å². The SMILES string of the molecule is CSc1nc2cc(n1)Sc1cccc(c1)Sc1cc(nc(SC)n1)Sc1cccc(c1)S2. The minimum atomic E-state index is 0.780. The molecule has 0 radical (unpaired) electrons. The number of benzene rings is 2. The lowest BCUT2D eigenvalue weighted by atomic mass is 10.4. The summed E-state index contributed by atoms with van der Waals surface area (Å²) in [6, 6.07) is 21.1. The van der Waals surface area contributed by atoms with Crippen LogP contribution in [0.1, 0.15) is 0 Å². The fourth-order valence-electron chi connectivity index (χ4n) is 2.84. The maximum Gasteiger partial charge on any atom is 0.189 e. The highest BCUT2D eigenvalue weighted by molar-refractivity contribution is 8.01. The number of nitrogens with zero attached hydrogens (tertiary/aromatic N) is 4. The summed E-state index contributed by atoms with van der Waals surface area (Å²) in [6.07, 6.45) is 4.02. The van der Waals surface area contributed by atoms with Gasteiger partial charge in [0.2, 0.25) is 0 Å². The zero-order valence-electron chi connectivity index (χ0n) is 17.0. The van der Waals surface area contributed by atoms with Crippen LogP contribution in [0, 0.1) is 0 Å². The zero-order valence-corrected chi connectivity index (χ0v) is 21.9. The normalized spacial score (nSPS) is 13.1. The van der Waals surface area contributed by atoms with Crippen molar-refractivity contribution in [1.82, 2.24) is 19.9 Å². The molecule has 32 heavy (non-hydrogen) atoms. The molecule has 0 N–H and O–H groups in total. The Morgan fingerprint density at radius 1 is 0.500 bits per heavy atom.